The lowest BCUT2D eigenvalue weighted by Gasteiger charge is -2.18. The molecule has 6 N–H and O–H groups in total. The van der Waals surface area contributed by atoms with Gasteiger partial charge in [0.2, 0.25) is 0 Å². The average Bonchev–Trinajstić information content (AvgIpc) is 1.90. The molecular weight excluding hydrogens is 270 g/mol. The van der Waals surface area contributed by atoms with E-state index in [-0.39, 0.29) is 49.6 Å². The van der Waals surface area contributed by atoms with Crippen molar-refractivity contribution in [3.05, 3.63) is 0 Å². The Balaban J connectivity index is -0.0000000675. The van der Waals surface area contributed by atoms with E-state index >= 15 is 0 Å². The molecule has 0 saturated heterocycles. The minimum Gasteiger partial charge on any atom is -0.329 e. The third-order valence-electron chi connectivity index (χ3n) is 1.34. The standard InChI is InChI=1S/C6H18N4.4ClH/c7-1-4-10(5-2-8)6-3-9;;;;/h1-9H2;4*1H. The van der Waals surface area contributed by atoms with Gasteiger partial charge in [0.25, 0.3) is 0 Å². The summed E-state index contributed by atoms with van der Waals surface area (Å²) in [6.45, 7) is 4.73. The van der Waals surface area contributed by atoms with Crippen LogP contribution in [0.1, 0.15) is 0 Å². The summed E-state index contributed by atoms with van der Waals surface area (Å²) in [5.41, 5.74) is 16.1. The van der Waals surface area contributed by atoms with Crippen molar-refractivity contribution in [3.8, 4) is 0 Å². The van der Waals surface area contributed by atoms with Crippen molar-refractivity contribution in [2.24, 2.45) is 17.2 Å². The molecule has 0 spiro atoms. The number of nitrogens with zero attached hydrogens (tertiary/aromatic N) is 1. The highest BCUT2D eigenvalue weighted by molar-refractivity contribution is 5.86. The highest BCUT2D eigenvalue weighted by Gasteiger charge is 1.98. The molecule has 8 heteroatoms. The van der Waals surface area contributed by atoms with Crippen LogP contribution in [-0.4, -0.2) is 44.2 Å². The van der Waals surface area contributed by atoms with E-state index in [2.05, 4.69) is 4.90 Å². The molecule has 0 fully saturated rings. The minimum absolute atomic E-state index is 0. The lowest BCUT2D eigenvalue weighted by atomic mass is 10.4. The second-order valence-corrected chi connectivity index (χ2v) is 2.21. The fourth-order valence-electron chi connectivity index (χ4n) is 0.883. The molecule has 14 heavy (non-hydrogen) atoms. The van der Waals surface area contributed by atoms with Crippen LogP contribution in [0.5, 0.6) is 0 Å². The van der Waals surface area contributed by atoms with Gasteiger partial charge in [0.15, 0.2) is 0 Å². The third kappa shape index (κ3) is 18.7. The van der Waals surface area contributed by atoms with Crippen LogP contribution >= 0.6 is 49.6 Å². The molecule has 0 rings (SSSR count). The first-order valence-corrected chi connectivity index (χ1v) is 3.67. The summed E-state index contributed by atoms with van der Waals surface area (Å²) in [4.78, 5) is 2.17. The first kappa shape index (κ1) is 29.4. The summed E-state index contributed by atoms with van der Waals surface area (Å²) in [7, 11) is 0. The van der Waals surface area contributed by atoms with Gasteiger partial charge in [-0.15, -0.1) is 49.6 Å². The van der Waals surface area contributed by atoms with Crippen LogP contribution in [0.4, 0.5) is 0 Å². The topological polar surface area (TPSA) is 81.3 Å². The molecule has 0 aliphatic heterocycles. The van der Waals surface area contributed by atoms with Crippen molar-refractivity contribution >= 4 is 49.6 Å². The van der Waals surface area contributed by atoms with Gasteiger partial charge in [0, 0.05) is 39.3 Å². The van der Waals surface area contributed by atoms with Crippen molar-refractivity contribution in [2.45, 2.75) is 0 Å². The number of nitrogens with two attached hydrogens (primary N) is 3. The SMILES string of the molecule is Cl.Cl.Cl.Cl.NCCN(CCN)CCN. The smallest absolute Gasteiger partial charge is 0.0106 e. The van der Waals surface area contributed by atoms with Crippen LogP contribution < -0.4 is 17.2 Å². The molecule has 0 aliphatic rings. The van der Waals surface area contributed by atoms with Crippen LogP contribution in [0, 0.1) is 0 Å². The maximum atomic E-state index is 5.37. The summed E-state index contributed by atoms with van der Waals surface area (Å²) >= 11 is 0. The Labute approximate surface area is 111 Å². The number of hydrogen-bond donors (Lipinski definition) is 3. The fourth-order valence-corrected chi connectivity index (χ4v) is 0.883. The van der Waals surface area contributed by atoms with E-state index < -0.39 is 0 Å². The second kappa shape index (κ2) is 23.7. The molecule has 0 saturated carbocycles. The van der Waals surface area contributed by atoms with Crippen LogP contribution in [0.2, 0.25) is 0 Å². The highest BCUT2D eigenvalue weighted by Crippen LogP contribution is 1.81. The van der Waals surface area contributed by atoms with Gasteiger partial charge in [-0.25, -0.2) is 0 Å². The lowest BCUT2D eigenvalue weighted by molar-refractivity contribution is 0.297. The molecule has 0 aromatic rings. The third-order valence-corrected chi connectivity index (χ3v) is 1.34. The minimum atomic E-state index is 0. The first-order valence-electron chi connectivity index (χ1n) is 3.67. The van der Waals surface area contributed by atoms with Gasteiger partial charge in [-0.3, -0.25) is 4.90 Å². The van der Waals surface area contributed by atoms with E-state index in [0.29, 0.717) is 19.6 Å². The van der Waals surface area contributed by atoms with Crippen molar-refractivity contribution in [1.29, 1.82) is 0 Å². The van der Waals surface area contributed by atoms with Crippen molar-refractivity contribution in [3.63, 3.8) is 0 Å². The predicted octanol–water partition coefficient (Wildman–Crippen LogP) is -0.148. The van der Waals surface area contributed by atoms with Gasteiger partial charge in [-0.1, -0.05) is 0 Å². The van der Waals surface area contributed by atoms with E-state index in [4.69, 9.17) is 17.2 Å². The number of rotatable bonds is 6. The van der Waals surface area contributed by atoms with E-state index in [1.807, 2.05) is 0 Å². The molecule has 0 aliphatic carbocycles. The molecule has 0 radical (unpaired) electrons. The summed E-state index contributed by atoms with van der Waals surface area (Å²) in [5, 5.41) is 0. The average molecular weight is 292 g/mol. The highest BCUT2D eigenvalue weighted by atomic mass is 35.5. The van der Waals surface area contributed by atoms with Gasteiger partial charge in [0.1, 0.15) is 0 Å². The molecule has 94 valence electrons. The Hall–Kier alpha value is 1.000. The van der Waals surface area contributed by atoms with Gasteiger partial charge in [-0.2, -0.15) is 0 Å². The Kier molecular flexibility index (Phi) is 49.7. The summed E-state index contributed by atoms with van der Waals surface area (Å²) < 4.78 is 0. The second-order valence-electron chi connectivity index (χ2n) is 2.21. The van der Waals surface area contributed by atoms with Crippen molar-refractivity contribution < 1.29 is 0 Å². The summed E-state index contributed by atoms with van der Waals surface area (Å²) in [6.07, 6.45) is 0. The Morgan fingerprint density at radius 3 is 0.929 bits per heavy atom. The fraction of sp³-hybridized carbons (Fsp3) is 1.00. The Morgan fingerprint density at radius 1 is 0.571 bits per heavy atom. The Morgan fingerprint density at radius 2 is 0.786 bits per heavy atom. The maximum Gasteiger partial charge on any atom is 0.0106 e. The van der Waals surface area contributed by atoms with E-state index in [1.165, 1.54) is 0 Å². The van der Waals surface area contributed by atoms with Gasteiger partial charge < -0.3 is 17.2 Å². The molecule has 0 amide bonds. The monoisotopic (exact) mass is 290 g/mol. The first-order chi connectivity index (χ1) is 4.85. The largest absolute Gasteiger partial charge is 0.329 e. The van der Waals surface area contributed by atoms with Gasteiger partial charge >= 0.3 is 0 Å². The molecule has 0 unspecified atom stereocenters. The van der Waals surface area contributed by atoms with E-state index in [0.717, 1.165) is 19.6 Å². The molecule has 0 heterocycles. The van der Waals surface area contributed by atoms with Crippen LogP contribution in [0.3, 0.4) is 0 Å². The van der Waals surface area contributed by atoms with E-state index in [9.17, 15) is 0 Å². The molecule has 0 atom stereocenters. The van der Waals surface area contributed by atoms with Gasteiger partial charge in [-0.05, 0) is 0 Å². The molecule has 0 aromatic carbocycles. The van der Waals surface area contributed by atoms with Gasteiger partial charge in [0.05, 0.1) is 0 Å². The zero-order valence-electron chi connectivity index (χ0n) is 8.05. The molecule has 4 nitrogen and oxygen atoms in total. The number of halogens is 4. The lowest BCUT2D eigenvalue weighted by Crippen LogP contribution is -2.37. The molecular formula is C6H22Cl4N4. The summed E-state index contributed by atoms with van der Waals surface area (Å²) in [6, 6.07) is 0. The predicted molar refractivity (Wildman–Crippen MR) is 72.6 cm³/mol. The quantitative estimate of drug-likeness (QED) is 0.636. The Bertz CT molecular complexity index is 64.6. The van der Waals surface area contributed by atoms with Crippen LogP contribution in [0.25, 0.3) is 0 Å². The zero-order valence-corrected chi connectivity index (χ0v) is 11.3. The number of hydrogen-bond acceptors (Lipinski definition) is 4. The van der Waals surface area contributed by atoms with E-state index in [1.54, 1.807) is 0 Å². The van der Waals surface area contributed by atoms with Crippen molar-refractivity contribution in [2.75, 3.05) is 39.3 Å². The van der Waals surface area contributed by atoms with Crippen LogP contribution in [0.15, 0.2) is 0 Å². The zero-order chi connectivity index (χ0) is 7.82. The molecule has 0 aromatic heterocycles. The normalized spacial score (nSPS) is 7.71. The molecule has 0 bridgehead atoms. The maximum absolute atomic E-state index is 5.37. The summed E-state index contributed by atoms with van der Waals surface area (Å²) in [5.74, 6) is 0. The van der Waals surface area contributed by atoms with Crippen molar-refractivity contribution in [1.82, 2.24) is 4.90 Å². The van der Waals surface area contributed by atoms with Crippen LogP contribution in [-0.2, 0) is 0 Å².